The quantitative estimate of drug-likeness (QED) is 0.855. The van der Waals surface area contributed by atoms with Crippen molar-refractivity contribution in [2.75, 3.05) is 33.4 Å². The zero-order valence-corrected chi connectivity index (χ0v) is 13.4. The number of hydrogen-bond acceptors (Lipinski definition) is 4. The van der Waals surface area contributed by atoms with Crippen LogP contribution in [0.25, 0.3) is 0 Å². The van der Waals surface area contributed by atoms with Gasteiger partial charge in [0.2, 0.25) is 5.91 Å². The first kappa shape index (κ1) is 15.6. The van der Waals surface area contributed by atoms with Crippen LogP contribution in [0.2, 0.25) is 5.02 Å². The van der Waals surface area contributed by atoms with Crippen LogP contribution in [-0.4, -0.2) is 50.0 Å². The van der Waals surface area contributed by atoms with E-state index >= 15 is 0 Å². The Kier molecular flexibility index (Phi) is 4.57. The molecule has 2 aliphatic heterocycles. The van der Waals surface area contributed by atoms with Gasteiger partial charge in [-0.3, -0.25) is 4.79 Å². The molecule has 0 aliphatic carbocycles. The zero-order valence-electron chi connectivity index (χ0n) is 12.6. The van der Waals surface area contributed by atoms with E-state index in [9.17, 15) is 4.79 Å². The molecule has 5 nitrogen and oxygen atoms in total. The fraction of sp³-hybridized carbons (Fsp3) is 0.562. The van der Waals surface area contributed by atoms with Crippen LogP contribution in [0.5, 0.6) is 5.75 Å². The topological polar surface area (TPSA) is 48.0 Å². The van der Waals surface area contributed by atoms with Crippen molar-refractivity contribution in [3.05, 3.63) is 28.8 Å². The van der Waals surface area contributed by atoms with E-state index in [-0.39, 0.29) is 5.91 Å². The van der Waals surface area contributed by atoms with Gasteiger partial charge >= 0.3 is 0 Å². The fourth-order valence-electron chi connectivity index (χ4n) is 2.96. The lowest BCUT2D eigenvalue weighted by Gasteiger charge is -2.37. The molecule has 1 aromatic rings. The van der Waals surface area contributed by atoms with Crippen molar-refractivity contribution in [3.63, 3.8) is 0 Å². The monoisotopic (exact) mass is 325 g/mol. The minimum absolute atomic E-state index is 0.0833. The van der Waals surface area contributed by atoms with Crippen molar-refractivity contribution in [2.45, 2.75) is 25.0 Å². The predicted octanol–water partition coefficient (Wildman–Crippen LogP) is 2.26. The van der Waals surface area contributed by atoms with E-state index in [0.717, 1.165) is 18.4 Å². The molecule has 0 saturated carbocycles. The van der Waals surface area contributed by atoms with E-state index in [4.69, 9.17) is 25.8 Å². The smallest absolute Gasteiger partial charge is 0.227 e. The van der Waals surface area contributed by atoms with Crippen LogP contribution < -0.4 is 4.74 Å². The number of hydrogen-bond donors (Lipinski definition) is 0. The van der Waals surface area contributed by atoms with Crippen molar-refractivity contribution in [1.82, 2.24) is 4.90 Å². The number of piperidine rings is 1. The van der Waals surface area contributed by atoms with Gasteiger partial charge in [-0.2, -0.15) is 0 Å². The predicted molar refractivity (Wildman–Crippen MR) is 82.2 cm³/mol. The van der Waals surface area contributed by atoms with Gasteiger partial charge in [0.25, 0.3) is 0 Å². The summed E-state index contributed by atoms with van der Waals surface area (Å²) in [5.74, 6) is 0.325. The number of carbonyl (C=O) groups excluding carboxylic acids is 1. The van der Waals surface area contributed by atoms with Crippen LogP contribution >= 0.6 is 11.6 Å². The first-order valence-electron chi connectivity index (χ1n) is 7.50. The molecule has 0 radical (unpaired) electrons. The second kappa shape index (κ2) is 6.44. The van der Waals surface area contributed by atoms with Gasteiger partial charge in [-0.15, -0.1) is 0 Å². The van der Waals surface area contributed by atoms with Crippen LogP contribution in [-0.2, 0) is 20.7 Å². The summed E-state index contributed by atoms with van der Waals surface area (Å²) in [7, 11) is 1.59. The van der Waals surface area contributed by atoms with E-state index in [1.54, 1.807) is 13.2 Å². The van der Waals surface area contributed by atoms with Crippen LogP contribution in [0, 0.1) is 0 Å². The number of likely N-dealkylation sites (tertiary alicyclic amines) is 1. The van der Waals surface area contributed by atoms with Gasteiger partial charge in [0.1, 0.15) is 5.75 Å². The molecule has 6 heteroatoms. The zero-order chi connectivity index (χ0) is 15.6. The van der Waals surface area contributed by atoms with E-state index < -0.39 is 5.79 Å². The highest BCUT2D eigenvalue weighted by molar-refractivity contribution is 6.31. The Hall–Kier alpha value is -1.30. The first-order chi connectivity index (χ1) is 10.6. The first-order valence-corrected chi connectivity index (χ1v) is 7.88. The average molecular weight is 326 g/mol. The van der Waals surface area contributed by atoms with E-state index in [0.29, 0.717) is 43.5 Å². The molecule has 3 rings (SSSR count). The Balaban J connectivity index is 1.58. The molecular weight excluding hydrogens is 306 g/mol. The number of rotatable bonds is 3. The lowest BCUT2D eigenvalue weighted by Crippen LogP contribution is -2.47. The molecule has 120 valence electrons. The van der Waals surface area contributed by atoms with E-state index in [1.165, 1.54) is 0 Å². The number of amides is 1. The van der Waals surface area contributed by atoms with Gasteiger partial charge in [0.05, 0.1) is 26.7 Å². The minimum atomic E-state index is -0.450. The molecule has 1 spiro atoms. The van der Waals surface area contributed by atoms with Crippen LogP contribution in [0.1, 0.15) is 18.4 Å². The highest BCUT2D eigenvalue weighted by Gasteiger charge is 2.40. The van der Waals surface area contributed by atoms with Gasteiger partial charge in [-0.05, 0) is 17.7 Å². The van der Waals surface area contributed by atoms with Gasteiger partial charge in [0, 0.05) is 31.0 Å². The number of halogens is 1. The molecule has 0 aromatic heterocycles. The molecule has 2 saturated heterocycles. The molecule has 0 bridgehead atoms. The molecule has 2 aliphatic rings. The maximum atomic E-state index is 12.4. The number of ether oxygens (including phenoxy) is 3. The Labute approximate surface area is 135 Å². The Morgan fingerprint density at radius 3 is 2.59 bits per heavy atom. The molecule has 2 heterocycles. The van der Waals surface area contributed by atoms with Gasteiger partial charge in [0.15, 0.2) is 5.79 Å². The molecule has 22 heavy (non-hydrogen) atoms. The summed E-state index contributed by atoms with van der Waals surface area (Å²) < 4.78 is 16.5. The molecule has 0 N–H and O–H groups in total. The maximum absolute atomic E-state index is 12.4. The largest absolute Gasteiger partial charge is 0.497 e. The van der Waals surface area contributed by atoms with Crippen LogP contribution in [0.15, 0.2) is 18.2 Å². The van der Waals surface area contributed by atoms with Gasteiger partial charge in [-0.1, -0.05) is 17.7 Å². The lowest BCUT2D eigenvalue weighted by molar-refractivity contribution is -0.187. The lowest BCUT2D eigenvalue weighted by atomic mass is 10.0. The third kappa shape index (κ3) is 3.21. The molecule has 2 fully saturated rings. The maximum Gasteiger partial charge on any atom is 0.227 e. The third-order valence-corrected chi connectivity index (χ3v) is 4.65. The third-order valence-electron chi connectivity index (χ3n) is 4.29. The van der Waals surface area contributed by atoms with E-state index in [2.05, 4.69) is 0 Å². The number of methoxy groups -OCH3 is 1. The highest BCUT2D eigenvalue weighted by atomic mass is 35.5. The molecule has 0 unspecified atom stereocenters. The molecular formula is C16H20ClNO4. The summed E-state index contributed by atoms with van der Waals surface area (Å²) in [4.78, 5) is 14.3. The molecule has 1 amide bonds. The Bertz CT molecular complexity index is 547. The number of nitrogens with zero attached hydrogens (tertiary/aromatic N) is 1. The Morgan fingerprint density at radius 1 is 1.32 bits per heavy atom. The van der Waals surface area contributed by atoms with E-state index in [1.807, 2.05) is 17.0 Å². The van der Waals surface area contributed by atoms with Gasteiger partial charge < -0.3 is 19.1 Å². The van der Waals surface area contributed by atoms with Crippen molar-refractivity contribution in [1.29, 1.82) is 0 Å². The number of benzene rings is 1. The summed E-state index contributed by atoms with van der Waals surface area (Å²) >= 11 is 6.20. The summed E-state index contributed by atoms with van der Waals surface area (Å²) in [5, 5.41) is 0.559. The van der Waals surface area contributed by atoms with Crippen molar-refractivity contribution >= 4 is 17.5 Å². The highest BCUT2D eigenvalue weighted by Crippen LogP contribution is 2.31. The summed E-state index contributed by atoms with van der Waals surface area (Å²) in [6, 6.07) is 5.39. The SMILES string of the molecule is COc1ccc(CC(=O)N2CCC3(CC2)OCCO3)c(Cl)c1. The summed E-state index contributed by atoms with van der Waals surface area (Å²) in [5.41, 5.74) is 0.820. The standard InChI is InChI=1S/C16H20ClNO4/c1-20-13-3-2-12(14(17)11-13)10-15(19)18-6-4-16(5-7-18)21-8-9-22-16/h2-3,11H,4-10H2,1H3. The second-order valence-corrected chi connectivity index (χ2v) is 6.03. The molecule has 0 atom stereocenters. The van der Waals surface area contributed by atoms with Crippen molar-refractivity contribution in [2.24, 2.45) is 0 Å². The summed E-state index contributed by atoms with van der Waals surface area (Å²) in [6.07, 6.45) is 1.77. The fourth-order valence-corrected chi connectivity index (χ4v) is 3.19. The number of carbonyl (C=O) groups is 1. The van der Waals surface area contributed by atoms with Crippen LogP contribution in [0.3, 0.4) is 0 Å². The van der Waals surface area contributed by atoms with Gasteiger partial charge in [-0.25, -0.2) is 0 Å². The van der Waals surface area contributed by atoms with Crippen molar-refractivity contribution in [3.8, 4) is 5.75 Å². The van der Waals surface area contributed by atoms with Crippen molar-refractivity contribution < 1.29 is 19.0 Å². The normalized spacial score (nSPS) is 20.4. The Morgan fingerprint density at radius 2 is 2.00 bits per heavy atom. The minimum Gasteiger partial charge on any atom is -0.497 e. The second-order valence-electron chi connectivity index (χ2n) is 5.62. The average Bonchev–Trinajstić information content (AvgIpc) is 2.98. The summed E-state index contributed by atoms with van der Waals surface area (Å²) in [6.45, 7) is 2.62. The molecule has 1 aromatic carbocycles. The van der Waals surface area contributed by atoms with Crippen LogP contribution in [0.4, 0.5) is 0 Å².